The second kappa shape index (κ2) is 6.75. The number of alkyl halides is 3. The van der Waals surface area contributed by atoms with Crippen LogP contribution in [-0.2, 0) is 0 Å². The van der Waals surface area contributed by atoms with Gasteiger partial charge in [0.05, 0.1) is 6.54 Å². The SMILES string of the molecule is CC(C)N(CC(F)(F)F)C1CCCCCC1CN. The molecular weight excluding hydrogens is 241 g/mol. The highest BCUT2D eigenvalue weighted by molar-refractivity contribution is 4.85. The third kappa shape index (κ3) is 4.76. The van der Waals surface area contributed by atoms with Crippen molar-refractivity contribution in [3.8, 4) is 0 Å². The van der Waals surface area contributed by atoms with Crippen LogP contribution >= 0.6 is 0 Å². The Morgan fingerprint density at radius 3 is 2.28 bits per heavy atom. The van der Waals surface area contributed by atoms with Crippen LogP contribution in [0, 0.1) is 5.92 Å². The molecule has 1 saturated carbocycles. The summed E-state index contributed by atoms with van der Waals surface area (Å²) in [6.45, 7) is 3.35. The van der Waals surface area contributed by atoms with Gasteiger partial charge in [0.15, 0.2) is 0 Å². The summed E-state index contributed by atoms with van der Waals surface area (Å²) in [4.78, 5) is 1.60. The lowest BCUT2D eigenvalue weighted by molar-refractivity contribution is -0.158. The Morgan fingerprint density at radius 1 is 1.17 bits per heavy atom. The van der Waals surface area contributed by atoms with E-state index in [9.17, 15) is 13.2 Å². The van der Waals surface area contributed by atoms with Gasteiger partial charge in [0.1, 0.15) is 0 Å². The van der Waals surface area contributed by atoms with Gasteiger partial charge in [-0.15, -0.1) is 0 Å². The lowest BCUT2D eigenvalue weighted by Gasteiger charge is -2.39. The van der Waals surface area contributed by atoms with Crippen LogP contribution in [0.25, 0.3) is 0 Å². The van der Waals surface area contributed by atoms with Crippen LogP contribution in [0.2, 0.25) is 0 Å². The van der Waals surface area contributed by atoms with Gasteiger partial charge in [-0.05, 0) is 39.2 Å². The molecule has 0 radical (unpaired) electrons. The third-order valence-electron chi connectivity index (χ3n) is 3.87. The average Bonchev–Trinajstić information content (AvgIpc) is 2.48. The minimum absolute atomic E-state index is 0.0147. The summed E-state index contributed by atoms with van der Waals surface area (Å²) in [6.07, 6.45) is 0.900. The molecule has 2 unspecified atom stereocenters. The van der Waals surface area contributed by atoms with Crippen molar-refractivity contribution in [3.05, 3.63) is 0 Å². The maximum Gasteiger partial charge on any atom is 0.401 e. The Bertz CT molecular complexity index is 241. The van der Waals surface area contributed by atoms with E-state index >= 15 is 0 Å². The molecule has 2 nitrogen and oxygen atoms in total. The van der Waals surface area contributed by atoms with E-state index < -0.39 is 12.7 Å². The predicted molar refractivity (Wildman–Crippen MR) is 67.3 cm³/mol. The van der Waals surface area contributed by atoms with Crippen LogP contribution in [0.15, 0.2) is 0 Å². The van der Waals surface area contributed by atoms with E-state index in [0.29, 0.717) is 6.54 Å². The monoisotopic (exact) mass is 266 g/mol. The van der Waals surface area contributed by atoms with Crippen molar-refractivity contribution >= 4 is 0 Å². The number of hydrogen-bond acceptors (Lipinski definition) is 2. The molecule has 5 heteroatoms. The van der Waals surface area contributed by atoms with Gasteiger partial charge in [-0.25, -0.2) is 0 Å². The second-order valence-electron chi connectivity index (χ2n) is 5.58. The fraction of sp³-hybridized carbons (Fsp3) is 1.00. The molecule has 1 aliphatic rings. The molecular formula is C13H25F3N2. The first-order chi connectivity index (χ1) is 8.35. The second-order valence-corrected chi connectivity index (χ2v) is 5.58. The fourth-order valence-corrected chi connectivity index (χ4v) is 2.97. The van der Waals surface area contributed by atoms with Gasteiger partial charge in [0.25, 0.3) is 0 Å². The Labute approximate surface area is 108 Å². The molecule has 0 amide bonds. The van der Waals surface area contributed by atoms with Crippen LogP contribution in [0.3, 0.4) is 0 Å². The molecule has 1 fully saturated rings. The molecule has 0 bridgehead atoms. The van der Waals surface area contributed by atoms with Gasteiger partial charge in [-0.3, -0.25) is 4.90 Å². The molecule has 0 aromatic heterocycles. The Kier molecular flexibility index (Phi) is 5.92. The topological polar surface area (TPSA) is 29.3 Å². The summed E-state index contributed by atoms with van der Waals surface area (Å²) in [6, 6.07) is -0.108. The Morgan fingerprint density at radius 2 is 1.78 bits per heavy atom. The zero-order chi connectivity index (χ0) is 13.8. The van der Waals surface area contributed by atoms with Crippen molar-refractivity contribution in [2.75, 3.05) is 13.1 Å². The number of nitrogens with zero attached hydrogens (tertiary/aromatic N) is 1. The van der Waals surface area contributed by atoms with Crippen LogP contribution in [0.5, 0.6) is 0 Å². The fourth-order valence-electron chi connectivity index (χ4n) is 2.97. The Balaban J connectivity index is 2.80. The van der Waals surface area contributed by atoms with Crippen molar-refractivity contribution in [2.45, 2.75) is 64.2 Å². The molecule has 0 heterocycles. The molecule has 2 N–H and O–H groups in total. The first-order valence-electron chi connectivity index (χ1n) is 6.87. The maximum absolute atomic E-state index is 12.7. The van der Waals surface area contributed by atoms with Crippen LogP contribution < -0.4 is 5.73 Å². The largest absolute Gasteiger partial charge is 0.401 e. The van der Waals surface area contributed by atoms with E-state index in [-0.39, 0.29) is 18.0 Å². The van der Waals surface area contributed by atoms with Crippen LogP contribution in [0.1, 0.15) is 46.0 Å². The average molecular weight is 266 g/mol. The number of rotatable bonds is 4. The van der Waals surface area contributed by atoms with E-state index in [1.807, 2.05) is 13.8 Å². The lowest BCUT2D eigenvalue weighted by Crippen LogP contribution is -2.50. The maximum atomic E-state index is 12.7. The lowest BCUT2D eigenvalue weighted by atomic mass is 9.92. The summed E-state index contributed by atoms with van der Waals surface area (Å²) < 4.78 is 38.0. The number of nitrogens with two attached hydrogens (primary N) is 1. The van der Waals surface area contributed by atoms with Crippen molar-refractivity contribution in [3.63, 3.8) is 0 Å². The summed E-state index contributed by atoms with van der Waals surface area (Å²) in [7, 11) is 0. The summed E-state index contributed by atoms with van der Waals surface area (Å²) in [5.41, 5.74) is 5.76. The molecule has 0 aromatic carbocycles. The first kappa shape index (κ1) is 15.8. The van der Waals surface area contributed by atoms with E-state index in [1.54, 1.807) is 4.90 Å². The quantitative estimate of drug-likeness (QED) is 0.792. The minimum Gasteiger partial charge on any atom is -0.330 e. The highest BCUT2D eigenvalue weighted by atomic mass is 19.4. The Hall–Kier alpha value is -0.290. The normalized spacial score (nSPS) is 26.7. The molecule has 18 heavy (non-hydrogen) atoms. The standard InChI is InChI=1S/C13H25F3N2/c1-10(2)18(9-13(14,15)16)12-7-5-3-4-6-11(12)8-17/h10-12H,3-9,17H2,1-2H3. The van der Waals surface area contributed by atoms with Crippen molar-refractivity contribution in [2.24, 2.45) is 11.7 Å². The van der Waals surface area contributed by atoms with Gasteiger partial charge in [0, 0.05) is 12.1 Å². The van der Waals surface area contributed by atoms with Crippen LogP contribution in [-0.4, -0.2) is 36.2 Å². The first-order valence-corrected chi connectivity index (χ1v) is 6.87. The van der Waals surface area contributed by atoms with Gasteiger partial charge in [-0.2, -0.15) is 13.2 Å². The van der Waals surface area contributed by atoms with Crippen molar-refractivity contribution in [1.82, 2.24) is 4.90 Å². The predicted octanol–water partition coefficient (Wildman–Crippen LogP) is 3.17. The van der Waals surface area contributed by atoms with Crippen LogP contribution in [0.4, 0.5) is 13.2 Å². The van der Waals surface area contributed by atoms with Gasteiger partial charge < -0.3 is 5.73 Å². The van der Waals surface area contributed by atoms with E-state index in [2.05, 4.69) is 0 Å². The summed E-state index contributed by atoms with van der Waals surface area (Å²) >= 11 is 0. The molecule has 2 atom stereocenters. The van der Waals surface area contributed by atoms with Gasteiger partial charge in [-0.1, -0.05) is 19.3 Å². The van der Waals surface area contributed by atoms with E-state index in [0.717, 1.165) is 32.1 Å². The van der Waals surface area contributed by atoms with Gasteiger partial charge in [0.2, 0.25) is 0 Å². The van der Waals surface area contributed by atoms with E-state index in [1.165, 1.54) is 0 Å². The zero-order valence-electron chi connectivity index (χ0n) is 11.3. The molecule has 0 aliphatic heterocycles. The van der Waals surface area contributed by atoms with Gasteiger partial charge >= 0.3 is 6.18 Å². The zero-order valence-corrected chi connectivity index (χ0v) is 11.3. The highest BCUT2D eigenvalue weighted by Crippen LogP contribution is 2.30. The minimum atomic E-state index is -4.13. The van der Waals surface area contributed by atoms with Crippen molar-refractivity contribution < 1.29 is 13.2 Å². The molecule has 0 saturated heterocycles. The summed E-state index contributed by atoms with van der Waals surface area (Å²) in [5.74, 6) is 0.206. The molecule has 0 spiro atoms. The smallest absolute Gasteiger partial charge is 0.330 e. The molecule has 108 valence electrons. The van der Waals surface area contributed by atoms with Crippen molar-refractivity contribution in [1.29, 1.82) is 0 Å². The molecule has 1 rings (SSSR count). The molecule has 0 aromatic rings. The van der Waals surface area contributed by atoms with E-state index in [4.69, 9.17) is 5.73 Å². The number of halogens is 3. The highest BCUT2D eigenvalue weighted by Gasteiger charge is 2.37. The molecule has 1 aliphatic carbocycles. The summed E-state index contributed by atoms with van der Waals surface area (Å²) in [5, 5.41) is 0. The number of hydrogen-bond donors (Lipinski definition) is 1. The third-order valence-corrected chi connectivity index (χ3v) is 3.87.